The highest BCUT2D eigenvalue weighted by atomic mass is 127. The zero-order valence-electron chi connectivity index (χ0n) is 5.93. The van der Waals surface area contributed by atoms with Crippen molar-refractivity contribution < 1.29 is 0 Å². The number of hydrogen-bond donors (Lipinski definition) is 1. The van der Waals surface area contributed by atoms with E-state index in [4.69, 9.17) is 0 Å². The first-order chi connectivity index (χ1) is 5.15. The normalized spacial score (nSPS) is 10.0. The second-order valence-corrected chi connectivity index (χ2v) is 3.18. The molecule has 0 bridgehead atoms. The van der Waals surface area contributed by atoms with E-state index in [1.54, 1.807) is 6.20 Å². The van der Waals surface area contributed by atoms with E-state index < -0.39 is 0 Å². The van der Waals surface area contributed by atoms with E-state index in [0.29, 0.717) is 10.1 Å². The van der Waals surface area contributed by atoms with Crippen LogP contribution in [-0.4, -0.2) is 9.55 Å². The minimum atomic E-state index is -0.349. The Bertz CT molecular complexity index is 366. The molecule has 1 heterocycles. The summed E-state index contributed by atoms with van der Waals surface area (Å²) in [6, 6.07) is 0. The van der Waals surface area contributed by atoms with Crippen LogP contribution in [0.1, 0.15) is 6.92 Å². The van der Waals surface area contributed by atoms with Gasteiger partial charge in [0, 0.05) is 12.7 Å². The van der Waals surface area contributed by atoms with E-state index in [2.05, 4.69) is 4.98 Å². The van der Waals surface area contributed by atoms with Gasteiger partial charge in [-0.1, -0.05) is 0 Å². The summed E-state index contributed by atoms with van der Waals surface area (Å²) in [5.74, 6) is 0. The third-order valence-electron chi connectivity index (χ3n) is 1.31. The Balaban J connectivity index is 3.45. The van der Waals surface area contributed by atoms with E-state index in [-0.39, 0.29) is 11.2 Å². The zero-order valence-corrected chi connectivity index (χ0v) is 8.08. The van der Waals surface area contributed by atoms with Gasteiger partial charge in [0.1, 0.15) is 0 Å². The smallest absolute Gasteiger partial charge is 0.300 e. The second kappa shape index (κ2) is 3.21. The van der Waals surface area contributed by atoms with Gasteiger partial charge in [-0.15, -0.1) is 0 Å². The van der Waals surface area contributed by atoms with Gasteiger partial charge in [-0.3, -0.25) is 14.3 Å². The van der Waals surface area contributed by atoms with Gasteiger partial charge in [0.25, 0.3) is 5.56 Å². The first-order valence-corrected chi connectivity index (χ1v) is 4.22. The molecule has 0 amide bonds. The first-order valence-electron chi connectivity index (χ1n) is 3.14. The number of hydrogen-bond acceptors (Lipinski definition) is 2. The van der Waals surface area contributed by atoms with Crippen LogP contribution < -0.4 is 11.2 Å². The lowest BCUT2D eigenvalue weighted by Gasteiger charge is -1.98. The number of aromatic nitrogens is 2. The molecule has 1 aromatic heterocycles. The zero-order chi connectivity index (χ0) is 8.43. The summed E-state index contributed by atoms with van der Waals surface area (Å²) in [6.45, 7) is 2.42. The van der Waals surface area contributed by atoms with Crippen LogP contribution in [0, 0.1) is 3.57 Å². The number of aryl methyl sites for hydroxylation is 1. The predicted octanol–water partition coefficient (Wildman–Crippen LogP) is 0.161. The average molecular weight is 266 g/mol. The highest BCUT2D eigenvalue weighted by Gasteiger charge is 1.97. The van der Waals surface area contributed by atoms with Gasteiger partial charge in [0.15, 0.2) is 0 Å². The molecule has 0 fully saturated rings. The maximum absolute atomic E-state index is 10.9. The lowest BCUT2D eigenvalue weighted by atomic mass is 10.6. The summed E-state index contributed by atoms with van der Waals surface area (Å²) in [6.07, 6.45) is 1.54. The average Bonchev–Trinajstić information content (AvgIpc) is 1.97. The van der Waals surface area contributed by atoms with Crippen LogP contribution in [0.25, 0.3) is 0 Å². The van der Waals surface area contributed by atoms with Gasteiger partial charge < -0.3 is 0 Å². The molecule has 4 nitrogen and oxygen atoms in total. The van der Waals surface area contributed by atoms with Crippen molar-refractivity contribution in [1.82, 2.24) is 9.55 Å². The maximum Gasteiger partial charge on any atom is 0.328 e. The van der Waals surface area contributed by atoms with Crippen LogP contribution in [0.3, 0.4) is 0 Å². The van der Waals surface area contributed by atoms with Crippen LogP contribution in [-0.2, 0) is 6.54 Å². The number of nitrogens with zero attached hydrogens (tertiary/aromatic N) is 1. The molecule has 1 rings (SSSR count). The monoisotopic (exact) mass is 266 g/mol. The predicted molar refractivity (Wildman–Crippen MR) is 49.7 cm³/mol. The number of H-pyrrole nitrogens is 1. The van der Waals surface area contributed by atoms with Crippen molar-refractivity contribution in [2.24, 2.45) is 0 Å². The van der Waals surface area contributed by atoms with Crippen molar-refractivity contribution >= 4 is 22.6 Å². The lowest BCUT2D eigenvalue weighted by molar-refractivity contribution is 0.689. The highest BCUT2D eigenvalue weighted by molar-refractivity contribution is 14.1. The summed E-state index contributed by atoms with van der Waals surface area (Å²) in [5, 5.41) is 0. The quantitative estimate of drug-likeness (QED) is 0.736. The fraction of sp³-hybridized carbons (Fsp3) is 0.333. The highest BCUT2D eigenvalue weighted by Crippen LogP contribution is 1.91. The lowest BCUT2D eigenvalue weighted by Crippen LogP contribution is -2.30. The number of halogens is 1. The first kappa shape index (κ1) is 8.51. The third kappa shape index (κ3) is 1.70. The Morgan fingerprint density at radius 2 is 2.27 bits per heavy atom. The summed E-state index contributed by atoms with van der Waals surface area (Å²) in [7, 11) is 0. The van der Waals surface area contributed by atoms with Gasteiger partial charge in [0.2, 0.25) is 0 Å². The molecule has 5 heteroatoms. The van der Waals surface area contributed by atoms with E-state index in [9.17, 15) is 9.59 Å². The second-order valence-electron chi connectivity index (χ2n) is 2.02. The van der Waals surface area contributed by atoms with Crippen LogP contribution in [0.15, 0.2) is 15.8 Å². The van der Waals surface area contributed by atoms with Crippen LogP contribution in [0.5, 0.6) is 0 Å². The molecule has 0 unspecified atom stereocenters. The molecule has 11 heavy (non-hydrogen) atoms. The van der Waals surface area contributed by atoms with Gasteiger partial charge >= 0.3 is 5.69 Å². The van der Waals surface area contributed by atoms with Crippen molar-refractivity contribution in [2.45, 2.75) is 13.5 Å². The molecule has 60 valence electrons. The topological polar surface area (TPSA) is 54.9 Å². The van der Waals surface area contributed by atoms with Crippen molar-refractivity contribution in [1.29, 1.82) is 0 Å². The van der Waals surface area contributed by atoms with Crippen LogP contribution >= 0.6 is 22.6 Å². The minimum absolute atomic E-state index is 0.319. The van der Waals surface area contributed by atoms with Crippen molar-refractivity contribution in [3.05, 3.63) is 30.6 Å². The largest absolute Gasteiger partial charge is 0.328 e. The molecule has 0 spiro atoms. The Morgan fingerprint density at radius 3 is 2.82 bits per heavy atom. The van der Waals surface area contributed by atoms with E-state index in [1.807, 2.05) is 29.5 Å². The van der Waals surface area contributed by atoms with Gasteiger partial charge in [-0.05, 0) is 29.5 Å². The summed E-state index contributed by atoms with van der Waals surface area (Å²) in [5.41, 5.74) is -0.668. The molecule has 0 aliphatic rings. The maximum atomic E-state index is 10.9. The van der Waals surface area contributed by atoms with Gasteiger partial charge in [0.05, 0.1) is 3.57 Å². The standard InChI is InChI=1S/C6H7IN2O2/c1-2-9-3-4(7)5(10)8-6(9)11/h3H,2H2,1H3,(H,8,10,11). The molecular weight excluding hydrogens is 259 g/mol. The fourth-order valence-corrected chi connectivity index (χ4v) is 1.19. The van der Waals surface area contributed by atoms with Gasteiger partial charge in [-0.25, -0.2) is 4.79 Å². The molecule has 1 aromatic rings. The van der Waals surface area contributed by atoms with Crippen molar-refractivity contribution in [2.75, 3.05) is 0 Å². The third-order valence-corrected chi connectivity index (χ3v) is 2.08. The molecule has 0 radical (unpaired) electrons. The Labute approximate surface area is 76.4 Å². The Morgan fingerprint density at radius 1 is 1.64 bits per heavy atom. The Kier molecular flexibility index (Phi) is 2.48. The SMILES string of the molecule is CCn1cc(I)c(=O)[nH]c1=O. The van der Waals surface area contributed by atoms with Crippen LogP contribution in [0.4, 0.5) is 0 Å². The Hall–Kier alpha value is -0.590. The molecule has 0 aromatic carbocycles. The van der Waals surface area contributed by atoms with E-state index >= 15 is 0 Å². The molecule has 0 saturated heterocycles. The summed E-state index contributed by atoms with van der Waals surface area (Å²) >= 11 is 1.89. The number of rotatable bonds is 1. The molecule has 0 aliphatic carbocycles. The molecule has 0 atom stereocenters. The van der Waals surface area contributed by atoms with E-state index in [0.717, 1.165) is 0 Å². The molecule has 0 saturated carbocycles. The van der Waals surface area contributed by atoms with Crippen LogP contribution in [0.2, 0.25) is 0 Å². The molecular formula is C6H7IN2O2. The van der Waals surface area contributed by atoms with E-state index in [1.165, 1.54) is 4.57 Å². The number of aromatic amines is 1. The summed E-state index contributed by atoms with van der Waals surface area (Å²) in [4.78, 5) is 24.0. The van der Waals surface area contributed by atoms with Crippen molar-refractivity contribution in [3.63, 3.8) is 0 Å². The summed E-state index contributed by atoms with van der Waals surface area (Å²) < 4.78 is 1.98. The number of nitrogens with one attached hydrogen (secondary N) is 1. The molecule has 0 aliphatic heterocycles. The fourth-order valence-electron chi connectivity index (χ4n) is 0.718. The minimum Gasteiger partial charge on any atom is -0.300 e. The molecule has 1 N–H and O–H groups in total. The van der Waals surface area contributed by atoms with Crippen molar-refractivity contribution in [3.8, 4) is 0 Å². The van der Waals surface area contributed by atoms with Gasteiger partial charge in [-0.2, -0.15) is 0 Å².